The van der Waals surface area contributed by atoms with Gasteiger partial charge in [0.2, 0.25) is 10.0 Å². The summed E-state index contributed by atoms with van der Waals surface area (Å²) in [6, 6.07) is 5.76. The summed E-state index contributed by atoms with van der Waals surface area (Å²) in [7, 11) is -3.33. The second-order valence-corrected chi connectivity index (χ2v) is 8.73. The normalized spacial score (nSPS) is 19.5. The Hall–Kier alpha value is -0.620. The summed E-state index contributed by atoms with van der Waals surface area (Å²) >= 11 is 0. The lowest BCUT2D eigenvalue weighted by Gasteiger charge is -2.31. The maximum atomic E-state index is 12.9. The molecule has 1 aromatic rings. The molecule has 1 aliphatic carbocycles. The molecule has 1 aromatic carbocycles. The van der Waals surface area contributed by atoms with E-state index in [0.29, 0.717) is 23.9 Å². The van der Waals surface area contributed by atoms with E-state index in [9.17, 15) is 8.42 Å². The third-order valence-corrected chi connectivity index (χ3v) is 7.11. The van der Waals surface area contributed by atoms with Crippen molar-refractivity contribution in [2.24, 2.45) is 5.92 Å². The molecule has 2 aliphatic rings. The van der Waals surface area contributed by atoms with E-state index in [-0.39, 0.29) is 12.4 Å². The van der Waals surface area contributed by atoms with Gasteiger partial charge in [-0.2, -0.15) is 4.31 Å². The number of halogens is 1. The highest BCUT2D eigenvalue weighted by Crippen LogP contribution is 2.28. The average molecular weight is 373 g/mol. The molecule has 0 atom stereocenters. The first kappa shape index (κ1) is 19.7. The van der Waals surface area contributed by atoms with Crippen LogP contribution in [0.4, 0.5) is 0 Å². The number of rotatable bonds is 5. The summed E-state index contributed by atoms with van der Waals surface area (Å²) in [5.74, 6) is 0.602. The molecule has 3 rings (SSSR count). The molecule has 0 unspecified atom stereocenters. The highest BCUT2D eigenvalue weighted by Gasteiger charge is 2.29. The fourth-order valence-electron chi connectivity index (χ4n) is 3.72. The maximum absolute atomic E-state index is 12.9. The van der Waals surface area contributed by atoms with Crippen molar-refractivity contribution >= 4 is 22.4 Å². The van der Waals surface area contributed by atoms with Crippen molar-refractivity contribution in [2.45, 2.75) is 50.3 Å². The predicted molar refractivity (Wildman–Crippen MR) is 100 cm³/mol. The van der Waals surface area contributed by atoms with Gasteiger partial charge in [0, 0.05) is 13.1 Å². The summed E-state index contributed by atoms with van der Waals surface area (Å²) in [6.45, 7) is 5.39. The average Bonchev–Trinajstić information content (AvgIpc) is 2.60. The summed E-state index contributed by atoms with van der Waals surface area (Å²) < 4.78 is 27.5. The summed E-state index contributed by atoms with van der Waals surface area (Å²) in [5, 5.41) is 3.37. The van der Waals surface area contributed by atoms with E-state index in [1.807, 2.05) is 18.2 Å². The molecule has 1 N–H and O–H groups in total. The van der Waals surface area contributed by atoms with Gasteiger partial charge in [-0.3, -0.25) is 0 Å². The molecule has 1 saturated heterocycles. The van der Waals surface area contributed by atoms with E-state index < -0.39 is 10.0 Å². The zero-order chi connectivity index (χ0) is 16.3. The van der Waals surface area contributed by atoms with Crippen LogP contribution in [0.15, 0.2) is 23.1 Å². The van der Waals surface area contributed by atoms with Gasteiger partial charge in [-0.25, -0.2) is 8.42 Å². The highest BCUT2D eigenvalue weighted by atomic mass is 35.5. The molecule has 4 nitrogen and oxygen atoms in total. The molecule has 6 heteroatoms. The Labute approximate surface area is 152 Å². The third-order valence-electron chi connectivity index (χ3n) is 5.21. The van der Waals surface area contributed by atoms with Gasteiger partial charge in [0.25, 0.3) is 0 Å². The van der Waals surface area contributed by atoms with Crippen LogP contribution in [0, 0.1) is 5.92 Å². The van der Waals surface area contributed by atoms with E-state index in [4.69, 9.17) is 0 Å². The molecule has 0 radical (unpaired) electrons. The first-order valence-corrected chi connectivity index (χ1v) is 10.4. The van der Waals surface area contributed by atoms with Crippen LogP contribution in [-0.4, -0.2) is 38.9 Å². The number of aryl methyl sites for hydroxylation is 2. The van der Waals surface area contributed by atoms with Crippen LogP contribution < -0.4 is 5.32 Å². The van der Waals surface area contributed by atoms with Crippen molar-refractivity contribution in [1.29, 1.82) is 0 Å². The van der Waals surface area contributed by atoms with Gasteiger partial charge < -0.3 is 5.32 Å². The van der Waals surface area contributed by atoms with Gasteiger partial charge in [-0.15, -0.1) is 12.4 Å². The smallest absolute Gasteiger partial charge is 0.243 e. The van der Waals surface area contributed by atoms with Crippen LogP contribution in [0.2, 0.25) is 0 Å². The third kappa shape index (κ3) is 4.31. The molecule has 1 fully saturated rings. The van der Waals surface area contributed by atoms with Crippen molar-refractivity contribution in [3.05, 3.63) is 29.3 Å². The monoisotopic (exact) mass is 372 g/mol. The Kier molecular flexibility index (Phi) is 7.10. The quantitative estimate of drug-likeness (QED) is 0.864. The minimum Gasteiger partial charge on any atom is -0.317 e. The van der Waals surface area contributed by atoms with Crippen LogP contribution in [0.3, 0.4) is 0 Å². The molecule has 0 spiro atoms. The summed E-state index contributed by atoms with van der Waals surface area (Å²) in [5.41, 5.74) is 2.57. The number of fused-ring (bicyclic) bond motifs is 1. The minimum atomic E-state index is -3.33. The van der Waals surface area contributed by atoms with E-state index in [1.54, 1.807) is 4.31 Å². The molecule has 0 amide bonds. The molecule has 1 heterocycles. The van der Waals surface area contributed by atoms with Crippen molar-refractivity contribution in [2.75, 3.05) is 26.2 Å². The molecule has 0 aromatic heterocycles. The van der Waals surface area contributed by atoms with Gasteiger partial charge in [-0.1, -0.05) is 13.0 Å². The second kappa shape index (κ2) is 8.65. The lowest BCUT2D eigenvalue weighted by Crippen LogP contribution is -2.40. The van der Waals surface area contributed by atoms with E-state index in [2.05, 4.69) is 12.2 Å². The van der Waals surface area contributed by atoms with Crippen molar-refractivity contribution in [1.82, 2.24) is 9.62 Å². The number of piperidine rings is 1. The zero-order valence-corrected chi connectivity index (χ0v) is 16.1. The van der Waals surface area contributed by atoms with Crippen LogP contribution in [-0.2, 0) is 22.9 Å². The Morgan fingerprint density at radius 3 is 2.46 bits per heavy atom. The first-order chi connectivity index (χ1) is 11.1. The first-order valence-electron chi connectivity index (χ1n) is 8.94. The standard InChI is InChI=1S/C18H28N2O2S.ClH/c1-2-19-14-15-9-11-20(12-10-15)23(21,22)18-8-7-16-5-3-4-6-17(16)13-18;/h7-8,13,15,19H,2-6,9-12,14H2,1H3;1H. The fourth-order valence-corrected chi connectivity index (χ4v) is 5.24. The van der Waals surface area contributed by atoms with Crippen LogP contribution in [0.1, 0.15) is 43.7 Å². The minimum absolute atomic E-state index is 0. The van der Waals surface area contributed by atoms with Gasteiger partial charge in [0.05, 0.1) is 4.90 Å². The number of benzene rings is 1. The zero-order valence-electron chi connectivity index (χ0n) is 14.5. The van der Waals surface area contributed by atoms with Crippen LogP contribution in [0.25, 0.3) is 0 Å². The van der Waals surface area contributed by atoms with Gasteiger partial charge in [0.15, 0.2) is 0 Å². The summed E-state index contributed by atoms with van der Waals surface area (Å²) in [6.07, 6.45) is 6.41. The Bertz CT molecular complexity index is 640. The molecule has 136 valence electrons. The van der Waals surface area contributed by atoms with E-state index in [0.717, 1.165) is 38.8 Å². The summed E-state index contributed by atoms with van der Waals surface area (Å²) in [4.78, 5) is 0.489. The number of nitrogens with zero attached hydrogens (tertiary/aromatic N) is 1. The topological polar surface area (TPSA) is 49.4 Å². The Balaban J connectivity index is 0.00000208. The van der Waals surface area contributed by atoms with Crippen LogP contribution in [0.5, 0.6) is 0 Å². The molecule has 1 aliphatic heterocycles. The van der Waals surface area contributed by atoms with Gasteiger partial charge in [-0.05, 0) is 80.8 Å². The number of nitrogens with one attached hydrogen (secondary N) is 1. The number of sulfonamides is 1. The van der Waals surface area contributed by atoms with Crippen LogP contribution >= 0.6 is 12.4 Å². The fraction of sp³-hybridized carbons (Fsp3) is 0.667. The SMILES string of the molecule is CCNCC1CCN(S(=O)(=O)c2ccc3c(c2)CCCC3)CC1.Cl. The highest BCUT2D eigenvalue weighted by molar-refractivity contribution is 7.89. The Morgan fingerprint density at radius 1 is 1.12 bits per heavy atom. The Morgan fingerprint density at radius 2 is 1.79 bits per heavy atom. The maximum Gasteiger partial charge on any atom is 0.243 e. The lowest BCUT2D eigenvalue weighted by atomic mass is 9.92. The van der Waals surface area contributed by atoms with Crippen molar-refractivity contribution in [3.63, 3.8) is 0 Å². The lowest BCUT2D eigenvalue weighted by molar-refractivity contribution is 0.268. The molecule has 0 bridgehead atoms. The molecule has 0 saturated carbocycles. The van der Waals surface area contributed by atoms with E-state index >= 15 is 0 Å². The largest absolute Gasteiger partial charge is 0.317 e. The second-order valence-electron chi connectivity index (χ2n) is 6.79. The van der Waals surface area contributed by atoms with E-state index in [1.165, 1.54) is 24.0 Å². The predicted octanol–water partition coefficient (Wildman–Crippen LogP) is 3.00. The number of hydrogen-bond donors (Lipinski definition) is 1. The van der Waals surface area contributed by atoms with Gasteiger partial charge >= 0.3 is 0 Å². The molecular weight excluding hydrogens is 344 g/mol. The van der Waals surface area contributed by atoms with Crippen molar-refractivity contribution < 1.29 is 8.42 Å². The molecular formula is C18H29ClN2O2S. The number of hydrogen-bond acceptors (Lipinski definition) is 3. The van der Waals surface area contributed by atoms with Crippen molar-refractivity contribution in [3.8, 4) is 0 Å². The van der Waals surface area contributed by atoms with Gasteiger partial charge in [0.1, 0.15) is 0 Å². The molecule has 24 heavy (non-hydrogen) atoms.